The molecule has 0 fully saturated rings. The van der Waals surface area contributed by atoms with Crippen LogP contribution in [0, 0.1) is 0 Å². The predicted octanol–water partition coefficient (Wildman–Crippen LogP) is 9.20. The van der Waals surface area contributed by atoms with Crippen LogP contribution in [-0.2, 0) is 16.0 Å². The normalized spacial score (nSPS) is 11.0. The maximum Gasteiger partial charge on any atom is 0.305 e. The van der Waals surface area contributed by atoms with Crippen molar-refractivity contribution in [1.29, 1.82) is 0 Å². The van der Waals surface area contributed by atoms with Crippen LogP contribution in [0.2, 0.25) is 0 Å². The van der Waals surface area contributed by atoms with E-state index >= 15 is 0 Å². The first kappa shape index (κ1) is 27.7. The Morgan fingerprint density at radius 3 is 1.48 bits per heavy atom. The molecular formula is C29H50O2. The quantitative estimate of drug-likeness (QED) is 0.135. The lowest BCUT2D eigenvalue weighted by atomic mass is 10.0. The Balaban J connectivity index is 1.72. The summed E-state index contributed by atoms with van der Waals surface area (Å²) < 4.78 is 5.34. The van der Waals surface area contributed by atoms with E-state index in [0.29, 0.717) is 13.0 Å². The molecule has 0 spiro atoms. The SMILES string of the molecule is CCCCCCCCCCCCCCCCCCCCC(=O)OCCc1ccccc1. The Labute approximate surface area is 193 Å². The second-order valence-electron chi connectivity index (χ2n) is 9.22. The van der Waals surface area contributed by atoms with Gasteiger partial charge in [-0.15, -0.1) is 0 Å². The summed E-state index contributed by atoms with van der Waals surface area (Å²) in [7, 11) is 0. The number of rotatable bonds is 22. The zero-order chi connectivity index (χ0) is 22.2. The van der Waals surface area contributed by atoms with Gasteiger partial charge in [0.1, 0.15) is 0 Å². The third-order valence-electron chi connectivity index (χ3n) is 6.23. The van der Waals surface area contributed by atoms with Gasteiger partial charge in [0.25, 0.3) is 0 Å². The average molecular weight is 431 g/mol. The van der Waals surface area contributed by atoms with Gasteiger partial charge in [-0.2, -0.15) is 0 Å². The first-order chi connectivity index (χ1) is 15.3. The maximum absolute atomic E-state index is 11.8. The molecule has 0 saturated heterocycles. The topological polar surface area (TPSA) is 26.3 Å². The molecule has 0 heterocycles. The van der Waals surface area contributed by atoms with E-state index in [-0.39, 0.29) is 5.97 Å². The van der Waals surface area contributed by atoms with Crippen LogP contribution in [0.5, 0.6) is 0 Å². The first-order valence-electron chi connectivity index (χ1n) is 13.5. The highest BCUT2D eigenvalue weighted by Crippen LogP contribution is 2.14. The number of esters is 1. The summed E-state index contributed by atoms with van der Waals surface area (Å²) in [6.45, 7) is 2.79. The standard InChI is InChI=1S/C29H50O2/c1-2-3-4-5-6-7-8-9-10-11-12-13-14-15-16-17-18-22-25-29(30)31-27-26-28-23-20-19-21-24-28/h19-21,23-24H,2-18,22,25-27H2,1H3. The molecule has 0 aliphatic heterocycles. The summed E-state index contributed by atoms with van der Waals surface area (Å²) in [5.41, 5.74) is 1.23. The molecular weight excluding hydrogens is 380 g/mol. The Kier molecular flexibility index (Phi) is 19.6. The highest BCUT2D eigenvalue weighted by Gasteiger charge is 2.03. The molecule has 0 unspecified atom stereocenters. The van der Waals surface area contributed by atoms with Crippen molar-refractivity contribution < 1.29 is 9.53 Å². The molecule has 0 atom stereocenters. The Bertz CT molecular complexity index is 497. The van der Waals surface area contributed by atoms with Crippen LogP contribution in [0.25, 0.3) is 0 Å². The molecule has 1 aromatic rings. The number of ether oxygens (including phenoxy) is 1. The fourth-order valence-electron chi connectivity index (χ4n) is 4.17. The molecule has 1 aromatic carbocycles. The van der Waals surface area contributed by atoms with E-state index in [1.165, 1.54) is 108 Å². The summed E-state index contributed by atoms with van der Waals surface area (Å²) in [5, 5.41) is 0. The molecule has 2 heteroatoms. The minimum atomic E-state index is -0.0348. The lowest BCUT2D eigenvalue weighted by molar-refractivity contribution is -0.143. The van der Waals surface area contributed by atoms with E-state index < -0.39 is 0 Å². The molecule has 1 rings (SSSR count). The Morgan fingerprint density at radius 1 is 0.613 bits per heavy atom. The molecule has 0 saturated carbocycles. The van der Waals surface area contributed by atoms with E-state index in [2.05, 4.69) is 19.1 Å². The molecule has 0 amide bonds. The minimum absolute atomic E-state index is 0.0348. The zero-order valence-electron chi connectivity index (χ0n) is 20.6. The van der Waals surface area contributed by atoms with E-state index in [4.69, 9.17) is 4.74 Å². The van der Waals surface area contributed by atoms with Gasteiger partial charge < -0.3 is 4.74 Å². The molecule has 2 nitrogen and oxygen atoms in total. The number of carbonyl (C=O) groups excluding carboxylic acids is 1. The monoisotopic (exact) mass is 430 g/mol. The van der Waals surface area contributed by atoms with Crippen LogP contribution in [0.15, 0.2) is 30.3 Å². The van der Waals surface area contributed by atoms with Gasteiger partial charge in [0, 0.05) is 12.8 Å². The molecule has 31 heavy (non-hydrogen) atoms. The summed E-state index contributed by atoms with van der Waals surface area (Å²) in [4.78, 5) is 11.8. The van der Waals surface area contributed by atoms with Crippen LogP contribution in [0.3, 0.4) is 0 Å². The summed E-state index contributed by atoms with van der Waals surface area (Å²) >= 11 is 0. The number of benzene rings is 1. The van der Waals surface area contributed by atoms with E-state index in [1.54, 1.807) is 0 Å². The van der Waals surface area contributed by atoms with E-state index in [1.807, 2.05) is 18.2 Å². The van der Waals surface area contributed by atoms with Crippen molar-refractivity contribution in [3.63, 3.8) is 0 Å². The van der Waals surface area contributed by atoms with Crippen LogP contribution < -0.4 is 0 Å². The molecule has 0 aliphatic rings. The van der Waals surface area contributed by atoms with Gasteiger partial charge in [-0.25, -0.2) is 0 Å². The van der Waals surface area contributed by atoms with Crippen molar-refractivity contribution in [2.24, 2.45) is 0 Å². The van der Waals surface area contributed by atoms with Crippen molar-refractivity contribution in [3.05, 3.63) is 35.9 Å². The lowest BCUT2D eigenvalue weighted by Crippen LogP contribution is -2.07. The summed E-state index contributed by atoms with van der Waals surface area (Å²) in [6, 6.07) is 10.2. The third-order valence-corrected chi connectivity index (χ3v) is 6.23. The Hall–Kier alpha value is -1.31. The number of hydrogen-bond donors (Lipinski definition) is 0. The van der Waals surface area contributed by atoms with Crippen LogP contribution >= 0.6 is 0 Å². The summed E-state index contributed by atoms with van der Waals surface area (Å²) in [6.07, 6.45) is 26.0. The lowest BCUT2D eigenvalue weighted by Gasteiger charge is -2.05. The van der Waals surface area contributed by atoms with Crippen molar-refractivity contribution in [3.8, 4) is 0 Å². The predicted molar refractivity (Wildman–Crippen MR) is 135 cm³/mol. The molecule has 0 aliphatic carbocycles. The highest BCUT2D eigenvalue weighted by atomic mass is 16.5. The number of hydrogen-bond acceptors (Lipinski definition) is 2. The maximum atomic E-state index is 11.8. The van der Waals surface area contributed by atoms with Crippen molar-refractivity contribution in [2.45, 2.75) is 135 Å². The molecule has 0 radical (unpaired) electrons. The van der Waals surface area contributed by atoms with E-state index in [0.717, 1.165) is 19.3 Å². The number of unbranched alkanes of at least 4 members (excludes halogenated alkanes) is 17. The molecule has 0 bridgehead atoms. The van der Waals surface area contributed by atoms with Gasteiger partial charge in [-0.1, -0.05) is 146 Å². The van der Waals surface area contributed by atoms with Gasteiger partial charge in [0.2, 0.25) is 0 Å². The van der Waals surface area contributed by atoms with Gasteiger partial charge >= 0.3 is 5.97 Å². The highest BCUT2D eigenvalue weighted by molar-refractivity contribution is 5.69. The fourth-order valence-corrected chi connectivity index (χ4v) is 4.17. The van der Waals surface area contributed by atoms with Crippen molar-refractivity contribution in [1.82, 2.24) is 0 Å². The van der Waals surface area contributed by atoms with Crippen LogP contribution in [-0.4, -0.2) is 12.6 Å². The van der Waals surface area contributed by atoms with Gasteiger partial charge in [0.15, 0.2) is 0 Å². The average Bonchev–Trinajstić information content (AvgIpc) is 2.79. The van der Waals surface area contributed by atoms with Gasteiger partial charge in [0.05, 0.1) is 6.61 Å². The largest absolute Gasteiger partial charge is 0.465 e. The smallest absolute Gasteiger partial charge is 0.305 e. The first-order valence-corrected chi connectivity index (χ1v) is 13.5. The van der Waals surface area contributed by atoms with Crippen LogP contribution in [0.1, 0.15) is 134 Å². The zero-order valence-corrected chi connectivity index (χ0v) is 20.6. The van der Waals surface area contributed by atoms with E-state index in [9.17, 15) is 4.79 Å². The van der Waals surface area contributed by atoms with Gasteiger partial charge in [-0.05, 0) is 12.0 Å². The van der Waals surface area contributed by atoms with Crippen molar-refractivity contribution in [2.75, 3.05) is 6.61 Å². The second kappa shape index (κ2) is 21.9. The van der Waals surface area contributed by atoms with Gasteiger partial charge in [-0.3, -0.25) is 4.79 Å². The third kappa shape index (κ3) is 19.1. The fraction of sp³-hybridized carbons (Fsp3) is 0.759. The second-order valence-corrected chi connectivity index (χ2v) is 9.22. The minimum Gasteiger partial charge on any atom is -0.465 e. The molecule has 178 valence electrons. The molecule has 0 aromatic heterocycles. The number of carbonyl (C=O) groups is 1. The molecule has 0 N–H and O–H groups in total. The van der Waals surface area contributed by atoms with Crippen molar-refractivity contribution >= 4 is 5.97 Å². The summed E-state index contributed by atoms with van der Waals surface area (Å²) in [5.74, 6) is -0.0348. The Morgan fingerprint density at radius 2 is 1.03 bits per heavy atom. The van der Waals surface area contributed by atoms with Crippen LogP contribution in [0.4, 0.5) is 0 Å².